The van der Waals surface area contributed by atoms with Crippen LogP contribution in [0.3, 0.4) is 0 Å². The van der Waals surface area contributed by atoms with E-state index < -0.39 is 0 Å². The van der Waals surface area contributed by atoms with E-state index in [1.807, 2.05) is 0 Å². The Morgan fingerprint density at radius 2 is 0.864 bits per heavy atom. The van der Waals surface area contributed by atoms with Crippen molar-refractivity contribution in [2.45, 2.75) is 110 Å². The van der Waals surface area contributed by atoms with Gasteiger partial charge in [-0.1, -0.05) is 103 Å². The van der Waals surface area contributed by atoms with Crippen molar-refractivity contribution in [1.29, 1.82) is 0 Å². The third-order valence-electron chi connectivity index (χ3n) is 4.32. The van der Waals surface area contributed by atoms with Gasteiger partial charge in [-0.05, 0) is 13.0 Å². The van der Waals surface area contributed by atoms with Gasteiger partial charge in [-0.3, -0.25) is 5.32 Å². The Kier molecular flexibility index (Phi) is 25.4. The topological polar surface area (TPSA) is 63.8 Å². The Bertz CT molecular complexity index is 159. The van der Waals surface area contributed by atoms with E-state index in [1.54, 1.807) is 0 Å². The minimum atomic E-state index is 0. The van der Waals surface area contributed by atoms with Crippen LogP contribution in [0.2, 0.25) is 0 Å². The van der Waals surface area contributed by atoms with Gasteiger partial charge in [0.1, 0.15) is 0 Å². The normalized spacial score (nSPS) is 10.6. The maximum atomic E-state index is 8.58. The number of aliphatic hydroxyl groups is 1. The molecule has 136 valence electrons. The second-order valence-electron chi connectivity index (χ2n) is 6.46. The average molecular weight is 318 g/mol. The number of unbranched alkanes of at least 4 members (excludes halogenated alkanes) is 15. The zero-order valence-corrected chi connectivity index (χ0v) is 15.2. The quantitative estimate of drug-likeness (QED) is 0.277. The van der Waals surface area contributed by atoms with Crippen LogP contribution in [0.4, 0.5) is 0 Å². The molecule has 0 saturated heterocycles. The molecule has 0 aromatic rings. The molecule has 4 N–H and O–H groups in total. The molecule has 0 spiro atoms. The molecular weight excluding hydrogens is 274 g/mol. The molecule has 0 aliphatic rings. The highest BCUT2D eigenvalue weighted by atomic mass is 16.3. The van der Waals surface area contributed by atoms with Crippen LogP contribution in [0, 0.1) is 0 Å². The lowest BCUT2D eigenvalue weighted by Gasteiger charge is -2.03. The van der Waals surface area contributed by atoms with Crippen LogP contribution in [-0.2, 0) is 0 Å². The molecule has 0 heterocycles. The van der Waals surface area contributed by atoms with Crippen molar-refractivity contribution in [1.82, 2.24) is 5.32 Å². The van der Waals surface area contributed by atoms with Gasteiger partial charge < -0.3 is 10.6 Å². The Labute approximate surface area is 139 Å². The van der Waals surface area contributed by atoms with E-state index in [0.29, 0.717) is 0 Å². The van der Waals surface area contributed by atoms with E-state index in [0.717, 1.165) is 6.54 Å². The lowest BCUT2D eigenvalue weighted by molar-refractivity contribution is 0.260. The van der Waals surface area contributed by atoms with Crippen molar-refractivity contribution in [3.63, 3.8) is 0 Å². The molecule has 0 rings (SSSR count). The molecule has 0 aromatic carbocycles. The fourth-order valence-electron chi connectivity index (χ4n) is 2.88. The molecule has 0 unspecified atom stereocenters. The number of hydrogen-bond donors (Lipinski definition) is 2. The highest BCUT2D eigenvalue weighted by Crippen LogP contribution is 2.13. The zero-order chi connectivity index (χ0) is 15.4. The van der Waals surface area contributed by atoms with Crippen molar-refractivity contribution in [3.8, 4) is 0 Å². The van der Waals surface area contributed by atoms with Gasteiger partial charge in [-0.15, -0.1) is 0 Å². The fraction of sp³-hybridized carbons (Fsp3) is 1.00. The molecule has 0 atom stereocenters. The molecule has 0 radical (unpaired) electrons. The van der Waals surface area contributed by atoms with Gasteiger partial charge in [0, 0.05) is 0 Å². The fourth-order valence-corrected chi connectivity index (χ4v) is 2.88. The highest BCUT2D eigenvalue weighted by molar-refractivity contribution is 4.50. The first kappa shape index (κ1) is 24.1. The summed E-state index contributed by atoms with van der Waals surface area (Å²) in [6, 6.07) is 0. The minimum absolute atomic E-state index is 0. The monoisotopic (exact) mass is 317 g/mol. The van der Waals surface area contributed by atoms with Crippen molar-refractivity contribution in [2.75, 3.05) is 13.3 Å². The van der Waals surface area contributed by atoms with E-state index in [2.05, 4.69) is 12.2 Å². The molecule has 0 saturated carbocycles. The van der Waals surface area contributed by atoms with Gasteiger partial charge in [-0.25, -0.2) is 0 Å². The minimum Gasteiger partial charge on any atom is -0.412 e. The van der Waals surface area contributed by atoms with Crippen molar-refractivity contribution in [3.05, 3.63) is 0 Å². The summed E-state index contributed by atoms with van der Waals surface area (Å²) in [6.07, 6.45) is 22.6. The van der Waals surface area contributed by atoms with Gasteiger partial charge in [-0.2, -0.15) is 0 Å². The standard InChI is InChI=1S/C19H41NO.H2O/c1-2-3-4-5-6-7-8-9-10-11-12-13-14-15-16-17-18-20-19-21;/h20-21H,2-19H2,1H3;1H2. The highest BCUT2D eigenvalue weighted by Gasteiger charge is 1.94. The summed E-state index contributed by atoms with van der Waals surface area (Å²) in [5.41, 5.74) is 0. The van der Waals surface area contributed by atoms with Gasteiger partial charge in [0.05, 0.1) is 6.73 Å². The number of aliphatic hydroxyl groups excluding tert-OH is 1. The zero-order valence-electron chi connectivity index (χ0n) is 15.2. The smallest absolute Gasteiger partial charge is 0.0931 e. The molecule has 0 aliphatic heterocycles. The Balaban J connectivity index is 0. The molecule has 0 aromatic heterocycles. The van der Waals surface area contributed by atoms with Gasteiger partial charge >= 0.3 is 0 Å². The predicted molar refractivity (Wildman–Crippen MR) is 98.2 cm³/mol. The lowest BCUT2D eigenvalue weighted by Crippen LogP contribution is -2.15. The summed E-state index contributed by atoms with van der Waals surface area (Å²) in [5, 5.41) is 11.5. The maximum Gasteiger partial charge on any atom is 0.0931 e. The summed E-state index contributed by atoms with van der Waals surface area (Å²) in [5.74, 6) is 0. The summed E-state index contributed by atoms with van der Waals surface area (Å²) < 4.78 is 0. The van der Waals surface area contributed by atoms with Crippen LogP contribution in [-0.4, -0.2) is 23.9 Å². The second kappa shape index (κ2) is 23.2. The summed E-state index contributed by atoms with van der Waals surface area (Å²) in [7, 11) is 0. The molecule has 22 heavy (non-hydrogen) atoms. The van der Waals surface area contributed by atoms with Crippen LogP contribution in [0.15, 0.2) is 0 Å². The van der Waals surface area contributed by atoms with Crippen molar-refractivity contribution >= 4 is 0 Å². The van der Waals surface area contributed by atoms with E-state index in [9.17, 15) is 0 Å². The Morgan fingerprint density at radius 1 is 0.545 bits per heavy atom. The second-order valence-corrected chi connectivity index (χ2v) is 6.46. The molecule has 3 heteroatoms. The number of hydrogen-bond acceptors (Lipinski definition) is 2. The molecule has 3 nitrogen and oxygen atoms in total. The van der Waals surface area contributed by atoms with Gasteiger partial charge in [0.2, 0.25) is 0 Å². The van der Waals surface area contributed by atoms with E-state index in [-0.39, 0.29) is 12.2 Å². The predicted octanol–water partition coefficient (Wildman–Crippen LogP) is 4.96. The van der Waals surface area contributed by atoms with E-state index >= 15 is 0 Å². The van der Waals surface area contributed by atoms with Gasteiger partial charge in [0.25, 0.3) is 0 Å². The Hall–Kier alpha value is -0.120. The van der Waals surface area contributed by atoms with E-state index in [1.165, 1.54) is 103 Å². The summed E-state index contributed by atoms with van der Waals surface area (Å²) in [4.78, 5) is 0. The first-order valence-electron chi connectivity index (χ1n) is 9.73. The van der Waals surface area contributed by atoms with E-state index in [4.69, 9.17) is 5.11 Å². The third-order valence-corrected chi connectivity index (χ3v) is 4.32. The Morgan fingerprint density at radius 3 is 1.18 bits per heavy atom. The molecule has 0 bridgehead atoms. The van der Waals surface area contributed by atoms with Crippen LogP contribution >= 0.6 is 0 Å². The summed E-state index contributed by atoms with van der Waals surface area (Å²) in [6.45, 7) is 3.38. The van der Waals surface area contributed by atoms with Crippen molar-refractivity contribution in [2.24, 2.45) is 0 Å². The summed E-state index contributed by atoms with van der Waals surface area (Å²) >= 11 is 0. The lowest BCUT2D eigenvalue weighted by atomic mass is 10.0. The average Bonchev–Trinajstić information content (AvgIpc) is 2.50. The molecule has 0 amide bonds. The SMILES string of the molecule is CCCCCCCCCCCCCCCCCCNCO.O. The number of rotatable bonds is 18. The molecule has 0 aliphatic carbocycles. The first-order valence-corrected chi connectivity index (χ1v) is 9.73. The number of nitrogens with one attached hydrogen (secondary N) is 1. The largest absolute Gasteiger partial charge is 0.412 e. The van der Waals surface area contributed by atoms with Crippen LogP contribution in [0.25, 0.3) is 0 Å². The van der Waals surface area contributed by atoms with Crippen LogP contribution in [0.5, 0.6) is 0 Å². The first-order chi connectivity index (χ1) is 10.4. The van der Waals surface area contributed by atoms with Crippen LogP contribution < -0.4 is 5.32 Å². The maximum absolute atomic E-state index is 8.58. The van der Waals surface area contributed by atoms with Crippen LogP contribution in [0.1, 0.15) is 110 Å². The van der Waals surface area contributed by atoms with Crippen molar-refractivity contribution < 1.29 is 10.6 Å². The molecule has 0 fully saturated rings. The third kappa shape index (κ3) is 22.2. The molecular formula is C19H43NO2. The van der Waals surface area contributed by atoms with Gasteiger partial charge in [0.15, 0.2) is 0 Å².